The Bertz CT molecular complexity index is 1280. The lowest BCUT2D eigenvalue weighted by Gasteiger charge is -2.18. The molecule has 4 aromatic rings. The molecule has 3 amide bonds. The highest BCUT2D eigenvalue weighted by atomic mass is 16.2. The number of rotatable bonds is 6. The zero-order chi connectivity index (χ0) is 24.6. The van der Waals surface area contributed by atoms with Gasteiger partial charge in [0.05, 0.1) is 5.92 Å². The van der Waals surface area contributed by atoms with E-state index in [2.05, 4.69) is 16.2 Å². The van der Waals surface area contributed by atoms with Crippen LogP contribution in [0.1, 0.15) is 43.3 Å². The summed E-state index contributed by atoms with van der Waals surface area (Å²) in [7, 11) is 0. The lowest BCUT2D eigenvalue weighted by atomic mass is 9.91. The number of nitrogens with one attached hydrogen (secondary N) is 3. The molecule has 0 aromatic heterocycles. The van der Waals surface area contributed by atoms with Gasteiger partial charge in [-0.3, -0.25) is 25.2 Å². The molecule has 0 atom stereocenters. The second-order valence-electron chi connectivity index (χ2n) is 8.10. The topological polar surface area (TPSA) is 87.3 Å². The van der Waals surface area contributed by atoms with Gasteiger partial charge in [0.2, 0.25) is 5.91 Å². The number of benzene rings is 4. The molecule has 6 nitrogen and oxygen atoms in total. The van der Waals surface area contributed by atoms with Crippen LogP contribution in [0.2, 0.25) is 0 Å². The molecule has 4 rings (SSSR count). The fraction of sp³-hybridized carbons (Fsp3) is 0.0690. The van der Waals surface area contributed by atoms with E-state index in [4.69, 9.17) is 0 Å². The first-order chi connectivity index (χ1) is 17.0. The van der Waals surface area contributed by atoms with E-state index >= 15 is 0 Å². The van der Waals surface area contributed by atoms with Crippen molar-refractivity contribution >= 4 is 23.4 Å². The Morgan fingerprint density at radius 1 is 0.600 bits per heavy atom. The Morgan fingerprint density at radius 2 is 1.20 bits per heavy atom. The molecule has 0 aliphatic carbocycles. The highest BCUT2D eigenvalue weighted by Crippen LogP contribution is 2.24. The molecule has 6 heteroatoms. The van der Waals surface area contributed by atoms with Crippen molar-refractivity contribution in [1.82, 2.24) is 10.9 Å². The van der Waals surface area contributed by atoms with Crippen molar-refractivity contribution in [2.24, 2.45) is 0 Å². The lowest BCUT2D eigenvalue weighted by molar-refractivity contribution is -0.122. The predicted octanol–water partition coefficient (Wildman–Crippen LogP) is 4.84. The summed E-state index contributed by atoms with van der Waals surface area (Å²) in [6, 6.07) is 32.5. The van der Waals surface area contributed by atoms with Crippen molar-refractivity contribution in [3.8, 4) is 0 Å². The van der Waals surface area contributed by atoms with Gasteiger partial charge in [-0.25, -0.2) is 0 Å². The molecule has 0 heterocycles. The van der Waals surface area contributed by atoms with Crippen LogP contribution in [0, 0.1) is 6.92 Å². The van der Waals surface area contributed by atoms with Crippen molar-refractivity contribution < 1.29 is 14.4 Å². The quantitative estimate of drug-likeness (QED) is 0.358. The van der Waals surface area contributed by atoms with E-state index in [1.54, 1.807) is 36.4 Å². The molecule has 0 radical (unpaired) electrons. The van der Waals surface area contributed by atoms with Gasteiger partial charge in [0.15, 0.2) is 0 Å². The van der Waals surface area contributed by atoms with Crippen LogP contribution in [0.25, 0.3) is 0 Å². The van der Waals surface area contributed by atoms with Crippen LogP contribution in [0.3, 0.4) is 0 Å². The van der Waals surface area contributed by atoms with Crippen molar-refractivity contribution in [3.05, 3.63) is 137 Å². The SMILES string of the molecule is Cc1cccc(C(=O)Nc2ccc(C(=O)NNC(=O)C(c3ccccc3)c3ccccc3)cc2)c1. The summed E-state index contributed by atoms with van der Waals surface area (Å²) < 4.78 is 0. The van der Waals surface area contributed by atoms with E-state index < -0.39 is 11.8 Å². The van der Waals surface area contributed by atoms with Gasteiger partial charge in [0.1, 0.15) is 0 Å². The number of hydrogen-bond donors (Lipinski definition) is 3. The van der Waals surface area contributed by atoms with Crippen molar-refractivity contribution in [3.63, 3.8) is 0 Å². The lowest BCUT2D eigenvalue weighted by Crippen LogP contribution is -2.44. The van der Waals surface area contributed by atoms with Crippen LogP contribution in [0.15, 0.2) is 109 Å². The molecule has 0 bridgehead atoms. The zero-order valence-electron chi connectivity index (χ0n) is 19.2. The minimum Gasteiger partial charge on any atom is -0.322 e. The molecule has 0 unspecified atom stereocenters. The first kappa shape index (κ1) is 23.4. The van der Waals surface area contributed by atoms with Gasteiger partial charge in [-0.15, -0.1) is 0 Å². The molecule has 3 N–H and O–H groups in total. The number of aryl methyl sites for hydroxylation is 1. The summed E-state index contributed by atoms with van der Waals surface area (Å²) in [5.41, 5.74) is 9.12. The van der Waals surface area contributed by atoms with Gasteiger partial charge in [-0.2, -0.15) is 0 Å². The maximum atomic E-state index is 13.0. The molecule has 0 aliphatic rings. The second kappa shape index (κ2) is 10.9. The number of hydrazine groups is 1. The number of carbonyl (C=O) groups excluding carboxylic acids is 3. The van der Waals surface area contributed by atoms with Gasteiger partial charge in [0.25, 0.3) is 11.8 Å². The van der Waals surface area contributed by atoms with E-state index in [-0.39, 0.29) is 11.8 Å². The maximum Gasteiger partial charge on any atom is 0.269 e. The largest absolute Gasteiger partial charge is 0.322 e. The van der Waals surface area contributed by atoms with Crippen LogP contribution in [0.5, 0.6) is 0 Å². The Labute approximate surface area is 204 Å². The third-order valence-electron chi connectivity index (χ3n) is 5.51. The average molecular weight is 464 g/mol. The smallest absolute Gasteiger partial charge is 0.269 e. The third-order valence-corrected chi connectivity index (χ3v) is 5.51. The van der Waals surface area contributed by atoms with E-state index in [1.807, 2.05) is 79.7 Å². The Balaban J connectivity index is 1.39. The van der Waals surface area contributed by atoms with Gasteiger partial charge in [0, 0.05) is 16.8 Å². The monoisotopic (exact) mass is 463 g/mol. The van der Waals surface area contributed by atoms with Crippen LogP contribution >= 0.6 is 0 Å². The van der Waals surface area contributed by atoms with E-state index in [1.165, 1.54) is 0 Å². The molecule has 0 aliphatic heterocycles. The van der Waals surface area contributed by atoms with Crippen molar-refractivity contribution in [2.45, 2.75) is 12.8 Å². The molecule has 0 saturated carbocycles. The summed E-state index contributed by atoms with van der Waals surface area (Å²) in [6.45, 7) is 1.92. The van der Waals surface area contributed by atoms with E-state index in [0.29, 0.717) is 16.8 Å². The molecule has 0 fully saturated rings. The number of amides is 3. The number of hydrogen-bond acceptors (Lipinski definition) is 3. The molecule has 0 saturated heterocycles. The molecule has 4 aromatic carbocycles. The standard InChI is InChI=1S/C29H25N3O3/c1-20-9-8-14-24(19-20)27(33)30-25-17-15-23(16-18-25)28(34)31-32-29(35)26(21-10-4-2-5-11-21)22-12-6-3-7-13-22/h2-19,26H,1H3,(H,30,33)(H,31,34)(H,32,35). The third kappa shape index (κ3) is 6.00. The minimum atomic E-state index is -0.572. The van der Waals surface area contributed by atoms with Gasteiger partial charge in [-0.05, 0) is 54.4 Å². The van der Waals surface area contributed by atoms with Gasteiger partial charge in [-0.1, -0.05) is 78.4 Å². The maximum absolute atomic E-state index is 13.0. The summed E-state index contributed by atoms with van der Waals surface area (Å²) >= 11 is 0. The molecular formula is C29H25N3O3. The highest BCUT2D eigenvalue weighted by Gasteiger charge is 2.23. The normalized spacial score (nSPS) is 10.5. The summed E-state index contributed by atoms with van der Waals surface area (Å²) in [5, 5.41) is 2.81. The second-order valence-corrected chi connectivity index (χ2v) is 8.10. The van der Waals surface area contributed by atoms with Gasteiger partial charge >= 0.3 is 0 Å². The average Bonchev–Trinajstić information content (AvgIpc) is 2.89. The van der Waals surface area contributed by atoms with Crippen molar-refractivity contribution in [1.29, 1.82) is 0 Å². The van der Waals surface area contributed by atoms with E-state index in [0.717, 1.165) is 16.7 Å². The molecule has 174 valence electrons. The zero-order valence-corrected chi connectivity index (χ0v) is 19.2. The first-order valence-corrected chi connectivity index (χ1v) is 11.2. The van der Waals surface area contributed by atoms with Crippen molar-refractivity contribution in [2.75, 3.05) is 5.32 Å². The van der Waals surface area contributed by atoms with Crippen LogP contribution in [-0.2, 0) is 4.79 Å². The Morgan fingerprint density at radius 3 is 1.77 bits per heavy atom. The Hall–Kier alpha value is -4.71. The summed E-state index contributed by atoms with van der Waals surface area (Å²) in [6.07, 6.45) is 0. The van der Waals surface area contributed by atoms with Crippen LogP contribution in [-0.4, -0.2) is 17.7 Å². The predicted molar refractivity (Wildman–Crippen MR) is 136 cm³/mol. The molecule has 35 heavy (non-hydrogen) atoms. The first-order valence-electron chi connectivity index (χ1n) is 11.2. The summed E-state index contributed by atoms with van der Waals surface area (Å²) in [5.74, 6) is -1.62. The molecule has 0 spiro atoms. The van der Waals surface area contributed by atoms with E-state index in [9.17, 15) is 14.4 Å². The number of anilines is 1. The molecular weight excluding hydrogens is 438 g/mol. The van der Waals surface area contributed by atoms with Crippen LogP contribution in [0.4, 0.5) is 5.69 Å². The van der Waals surface area contributed by atoms with Crippen LogP contribution < -0.4 is 16.2 Å². The highest BCUT2D eigenvalue weighted by molar-refractivity contribution is 6.04. The fourth-order valence-electron chi connectivity index (χ4n) is 3.74. The van der Waals surface area contributed by atoms with Gasteiger partial charge < -0.3 is 5.32 Å². The Kier molecular flexibility index (Phi) is 7.33. The fourth-order valence-corrected chi connectivity index (χ4v) is 3.74. The number of carbonyl (C=O) groups is 3. The minimum absolute atomic E-state index is 0.231. The summed E-state index contributed by atoms with van der Waals surface area (Å²) in [4.78, 5) is 38.1.